The van der Waals surface area contributed by atoms with Crippen LogP contribution in [0.15, 0.2) is 17.2 Å². The number of hydrogen-bond donors (Lipinski definition) is 1. The number of hydrogen-bond acceptors (Lipinski definition) is 3. The number of nitrogens with zero attached hydrogens (tertiary/aromatic N) is 2. The molecule has 1 aromatic heterocycles. The molecular formula is C14H27N3O2S. The molecule has 0 aliphatic carbocycles. The highest BCUT2D eigenvalue weighted by atomic mass is 32.2. The van der Waals surface area contributed by atoms with E-state index in [1.54, 1.807) is 19.3 Å². The van der Waals surface area contributed by atoms with Crippen molar-refractivity contribution in [1.82, 2.24) is 14.2 Å². The fourth-order valence-corrected chi connectivity index (χ4v) is 3.36. The quantitative estimate of drug-likeness (QED) is 0.799. The predicted molar refractivity (Wildman–Crippen MR) is 82.2 cm³/mol. The molecule has 0 aliphatic heterocycles. The minimum Gasteiger partial charge on any atom is -0.349 e. The molecule has 1 heterocycles. The van der Waals surface area contributed by atoms with Crippen LogP contribution in [0, 0.1) is 0 Å². The molecule has 0 saturated heterocycles. The Morgan fingerprint density at radius 3 is 2.50 bits per heavy atom. The summed E-state index contributed by atoms with van der Waals surface area (Å²) in [7, 11) is -1.73. The molecule has 0 spiro atoms. The predicted octanol–water partition coefficient (Wildman–Crippen LogP) is 2.04. The van der Waals surface area contributed by atoms with Crippen molar-refractivity contribution in [1.29, 1.82) is 0 Å². The maximum absolute atomic E-state index is 12.4. The minimum absolute atomic E-state index is 0.373. The van der Waals surface area contributed by atoms with Gasteiger partial charge in [0.2, 0.25) is 10.0 Å². The van der Waals surface area contributed by atoms with Crippen molar-refractivity contribution in [2.75, 3.05) is 13.6 Å². The second-order valence-electron chi connectivity index (χ2n) is 5.32. The van der Waals surface area contributed by atoms with Crippen LogP contribution in [0.2, 0.25) is 0 Å². The second-order valence-corrected chi connectivity index (χ2v) is 7.36. The van der Waals surface area contributed by atoms with Crippen LogP contribution in [-0.4, -0.2) is 36.9 Å². The summed E-state index contributed by atoms with van der Waals surface area (Å²) >= 11 is 0. The van der Waals surface area contributed by atoms with E-state index in [-0.39, 0.29) is 0 Å². The fourth-order valence-electron chi connectivity index (χ4n) is 2.03. The Morgan fingerprint density at radius 1 is 1.35 bits per heavy atom. The maximum Gasteiger partial charge on any atom is 0.244 e. The molecule has 6 heteroatoms. The van der Waals surface area contributed by atoms with Crippen molar-refractivity contribution in [3.05, 3.63) is 18.0 Å². The third-order valence-electron chi connectivity index (χ3n) is 3.24. The molecule has 0 fully saturated rings. The van der Waals surface area contributed by atoms with Crippen molar-refractivity contribution in [2.24, 2.45) is 0 Å². The standard InChI is InChI=1S/C14H27N3O2S/c1-6-8-16(5)20(18,19)14-9-13(10-15-12(3)4)17(7-2)11-14/h9,11-12,15H,6-8,10H2,1-5H3. The molecule has 0 aliphatic rings. The lowest BCUT2D eigenvalue weighted by molar-refractivity contribution is 0.468. The number of sulfonamides is 1. The van der Waals surface area contributed by atoms with Gasteiger partial charge in [-0.2, -0.15) is 0 Å². The van der Waals surface area contributed by atoms with Gasteiger partial charge in [0.1, 0.15) is 4.90 Å². The van der Waals surface area contributed by atoms with Crippen LogP contribution in [-0.2, 0) is 23.1 Å². The Bertz CT molecular complexity index is 521. The summed E-state index contributed by atoms with van der Waals surface area (Å²) in [5.41, 5.74) is 1.00. The normalized spacial score (nSPS) is 12.6. The first kappa shape index (κ1) is 17.2. The number of rotatable bonds is 8. The van der Waals surface area contributed by atoms with Crippen molar-refractivity contribution < 1.29 is 8.42 Å². The smallest absolute Gasteiger partial charge is 0.244 e. The van der Waals surface area contributed by atoms with Gasteiger partial charge in [0.15, 0.2) is 0 Å². The van der Waals surface area contributed by atoms with Gasteiger partial charge < -0.3 is 9.88 Å². The summed E-state index contributed by atoms with van der Waals surface area (Å²) in [5, 5.41) is 3.33. The average Bonchev–Trinajstić information content (AvgIpc) is 2.80. The highest BCUT2D eigenvalue weighted by Crippen LogP contribution is 2.18. The molecule has 0 radical (unpaired) electrons. The first-order valence-electron chi connectivity index (χ1n) is 7.21. The van der Waals surface area contributed by atoms with E-state index in [1.165, 1.54) is 4.31 Å². The Kier molecular flexibility index (Phi) is 6.23. The van der Waals surface area contributed by atoms with Crippen LogP contribution < -0.4 is 5.32 Å². The molecule has 0 atom stereocenters. The highest BCUT2D eigenvalue weighted by molar-refractivity contribution is 7.89. The Hall–Kier alpha value is -0.850. The van der Waals surface area contributed by atoms with Crippen molar-refractivity contribution in [3.8, 4) is 0 Å². The molecule has 5 nitrogen and oxygen atoms in total. The summed E-state index contributed by atoms with van der Waals surface area (Å²) in [6.07, 6.45) is 2.55. The van der Waals surface area contributed by atoms with Gasteiger partial charge in [-0.3, -0.25) is 0 Å². The van der Waals surface area contributed by atoms with E-state index in [0.29, 0.717) is 24.0 Å². The lowest BCUT2D eigenvalue weighted by Crippen LogP contribution is -2.27. The first-order valence-corrected chi connectivity index (χ1v) is 8.65. The maximum atomic E-state index is 12.4. The minimum atomic E-state index is -3.37. The molecule has 0 unspecified atom stereocenters. The van der Waals surface area contributed by atoms with E-state index in [1.807, 2.05) is 18.4 Å². The lowest BCUT2D eigenvalue weighted by atomic mass is 10.3. The second kappa shape index (κ2) is 7.24. The summed E-state index contributed by atoms with van der Waals surface area (Å²) in [6.45, 7) is 10.1. The molecule has 0 bridgehead atoms. The van der Waals surface area contributed by atoms with E-state index in [0.717, 1.165) is 18.7 Å². The molecule has 0 saturated carbocycles. The van der Waals surface area contributed by atoms with E-state index in [2.05, 4.69) is 19.2 Å². The Balaban J connectivity index is 3.02. The molecule has 1 N–H and O–H groups in total. The fraction of sp³-hybridized carbons (Fsp3) is 0.714. The van der Waals surface area contributed by atoms with Crippen LogP contribution in [0.25, 0.3) is 0 Å². The first-order chi connectivity index (χ1) is 9.32. The molecule has 20 heavy (non-hydrogen) atoms. The molecule has 1 rings (SSSR count). The summed E-state index contributed by atoms with van der Waals surface area (Å²) in [6, 6.07) is 2.15. The number of nitrogens with one attached hydrogen (secondary N) is 1. The Morgan fingerprint density at radius 2 is 2.00 bits per heavy atom. The van der Waals surface area contributed by atoms with Crippen molar-refractivity contribution in [2.45, 2.75) is 58.1 Å². The van der Waals surface area contributed by atoms with Gasteiger partial charge in [-0.25, -0.2) is 12.7 Å². The molecule has 0 amide bonds. The molecule has 0 aromatic carbocycles. The van der Waals surface area contributed by atoms with Crippen LogP contribution in [0.3, 0.4) is 0 Å². The highest BCUT2D eigenvalue weighted by Gasteiger charge is 2.22. The van der Waals surface area contributed by atoms with Gasteiger partial charge >= 0.3 is 0 Å². The van der Waals surface area contributed by atoms with E-state index in [9.17, 15) is 8.42 Å². The molecule has 116 valence electrons. The average molecular weight is 301 g/mol. The van der Waals surface area contributed by atoms with E-state index >= 15 is 0 Å². The summed E-state index contributed by atoms with van der Waals surface area (Å²) in [4.78, 5) is 0.385. The third-order valence-corrected chi connectivity index (χ3v) is 5.06. The number of aromatic nitrogens is 1. The van der Waals surface area contributed by atoms with Crippen LogP contribution in [0.1, 0.15) is 39.8 Å². The van der Waals surface area contributed by atoms with Gasteiger partial charge in [-0.05, 0) is 19.4 Å². The van der Waals surface area contributed by atoms with Crippen molar-refractivity contribution >= 4 is 10.0 Å². The third kappa shape index (κ3) is 4.07. The zero-order chi connectivity index (χ0) is 15.3. The topological polar surface area (TPSA) is 54.3 Å². The SMILES string of the molecule is CCCN(C)S(=O)(=O)c1cc(CNC(C)C)n(CC)c1. The summed E-state index contributed by atoms with van der Waals surface area (Å²) < 4.78 is 28.3. The largest absolute Gasteiger partial charge is 0.349 e. The molecule has 1 aromatic rings. The van der Waals surface area contributed by atoms with E-state index < -0.39 is 10.0 Å². The lowest BCUT2D eigenvalue weighted by Gasteiger charge is -2.14. The van der Waals surface area contributed by atoms with Gasteiger partial charge in [0.05, 0.1) is 0 Å². The van der Waals surface area contributed by atoms with Crippen LogP contribution in [0.5, 0.6) is 0 Å². The van der Waals surface area contributed by atoms with Gasteiger partial charge in [-0.15, -0.1) is 0 Å². The van der Waals surface area contributed by atoms with Crippen LogP contribution >= 0.6 is 0 Å². The number of aryl methyl sites for hydroxylation is 1. The molecular weight excluding hydrogens is 274 g/mol. The van der Waals surface area contributed by atoms with Crippen LogP contribution in [0.4, 0.5) is 0 Å². The Labute approximate surface area is 123 Å². The summed E-state index contributed by atoms with van der Waals surface area (Å²) in [5.74, 6) is 0. The van der Waals surface area contributed by atoms with Gasteiger partial charge in [0.25, 0.3) is 0 Å². The van der Waals surface area contributed by atoms with E-state index in [4.69, 9.17) is 0 Å². The zero-order valence-corrected chi connectivity index (χ0v) is 14.0. The monoisotopic (exact) mass is 301 g/mol. The van der Waals surface area contributed by atoms with Gasteiger partial charge in [-0.1, -0.05) is 20.8 Å². The van der Waals surface area contributed by atoms with Gasteiger partial charge in [0, 0.05) is 44.6 Å². The van der Waals surface area contributed by atoms with Crippen molar-refractivity contribution in [3.63, 3.8) is 0 Å². The zero-order valence-electron chi connectivity index (χ0n) is 13.2.